The van der Waals surface area contributed by atoms with E-state index in [2.05, 4.69) is 20.1 Å². The van der Waals surface area contributed by atoms with Crippen LogP contribution in [0.3, 0.4) is 0 Å². The van der Waals surface area contributed by atoms with Crippen molar-refractivity contribution in [2.24, 2.45) is 5.73 Å². The highest BCUT2D eigenvalue weighted by Crippen LogP contribution is 2.30. The molecule has 3 heterocycles. The highest BCUT2D eigenvalue weighted by Gasteiger charge is 2.26. The van der Waals surface area contributed by atoms with E-state index in [0.29, 0.717) is 17.3 Å². The summed E-state index contributed by atoms with van der Waals surface area (Å²) < 4.78 is 0. The van der Waals surface area contributed by atoms with Gasteiger partial charge in [0.2, 0.25) is 0 Å². The largest absolute Gasteiger partial charge is 0.365 e. The molecule has 1 aliphatic heterocycles. The van der Waals surface area contributed by atoms with Gasteiger partial charge in [0, 0.05) is 36.6 Å². The maximum absolute atomic E-state index is 11.8. The van der Waals surface area contributed by atoms with Gasteiger partial charge in [-0.2, -0.15) is 5.10 Å². The van der Waals surface area contributed by atoms with Gasteiger partial charge >= 0.3 is 0 Å². The van der Waals surface area contributed by atoms with E-state index in [-0.39, 0.29) is 0 Å². The molecule has 6 nitrogen and oxygen atoms in total. The monoisotopic (exact) mass is 299 g/mol. The Labute approximate surface area is 129 Å². The van der Waals surface area contributed by atoms with Crippen molar-refractivity contribution in [3.05, 3.63) is 40.8 Å². The Hall–Kier alpha value is -2.37. The Kier molecular flexibility index (Phi) is 3.83. The summed E-state index contributed by atoms with van der Waals surface area (Å²) in [5.41, 5.74) is 9.11. The zero-order valence-corrected chi connectivity index (χ0v) is 13.0. The van der Waals surface area contributed by atoms with Gasteiger partial charge in [0.05, 0.1) is 5.56 Å². The Balaban J connectivity index is 1.93. The number of hydrogen-bond acceptors (Lipinski definition) is 4. The van der Waals surface area contributed by atoms with Gasteiger partial charge in [0.15, 0.2) is 0 Å². The number of amides is 1. The molecule has 1 atom stereocenters. The van der Waals surface area contributed by atoms with Crippen molar-refractivity contribution in [2.75, 3.05) is 18.0 Å². The number of aryl methyl sites for hydroxylation is 2. The molecule has 1 saturated heterocycles. The van der Waals surface area contributed by atoms with E-state index in [1.807, 2.05) is 26.0 Å². The predicted octanol–water partition coefficient (Wildman–Crippen LogP) is 1.90. The van der Waals surface area contributed by atoms with Crippen LogP contribution < -0.4 is 10.6 Å². The molecule has 0 aromatic carbocycles. The number of carbonyl (C=O) groups is 1. The molecule has 3 N–H and O–H groups in total. The van der Waals surface area contributed by atoms with Crippen molar-refractivity contribution in [1.82, 2.24) is 15.2 Å². The molecule has 3 rings (SSSR count). The van der Waals surface area contributed by atoms with Crippen LogP contribution in [-0.4, -0.2) is 34.2 Å². The molecule has 0 spiro atoms. The van der Waals surface area contributed by atoms with E-state index in [1.165, 1.54) is 0 Å². The fourth-order valence-corrected chi connectivity index (χ4v) is 3.03. The first-order valence-corrected chi connectivity index (χ1v) is 7.58. The summed E-state index contributed by atoms with van der Waals surface area (Å²) in [6.45, 7) is 5.61. The van der Waals surface area contributed by atoms with Crippen LogP contribution in [0.15, 0.2) is 18.3 Å². The maximum atomic E-state index is 11.8. The van der Waals surface area contributed by atoms with E-state index in [0.717, 1.165) is 42.9 Å². The molecule has 2 aromatic heterocycles. The quantitative estimate of drug-likeness (QED) is 0.906. The molecule has 0 radical (unpaired) electrons. The second kappa shape index (κ2) is 5.79. The number of H-pyrrole nitrogens is 1. The highest BCUT2D eigenvalue weighted by atomic mass is 16.1. The smallest absolute Gasteiger partial charge is 0.252 e. The summed E-state index contributed by atoms with van der Waals surface area (Å²) in [5.74, 6) is 0.662. The fraction of sp³-hybridized carbons (Fsp3) is 0.438. The molecule has 2 aromatic rings. The van der Waals surface area contributed by atoms with Crippen LogP contribution in [0.1, 0.15) is 46.1 Å². The average Bonchev–Trinajstić information content (AvgIpc) is 3.04. The molecular weight excluding hydrogens is 278 g/mol. The van der Waals surface area contributed by atoms with Crippen LogP contribution in [0, 0.1) is 13.8 Å². The first kappa shape index (κ1) is 14.6. The predicted molar refractivity (Wildman–Crippen MR) is 85.0 cm³/mol. The van der Waals surface area contributed by atoms with Gasteiger partial charge < -0.3 is 10.6 Å². The minimum Gasteiger partial charge on any atom is -0.365 e. The third kappa shape index (κ3) is 2.68. The number of aromatic nitrogens is 3. The molecule has 1 fully saturated rings. The van der Waals surface area contributed by atoms with Crippen molar-refractivity contribution >= 4 is 11.7 Å². The lowest BCUT2D eigenvalue weighted by molar-refractivity contribution is 0.1000. The molecular formula is C16H21N5O. The molecule has 0 aliphatic carbocycles. The van der Waals surface area contributed by atoms with Crippen LogP contribution in [0.2, 0.25) is 0 Å². The Morgan fingerprint density at radius 3 is 2.95 bits per heavy atom. The number of primary amides is 1. The zero-order chi connectivity index (χ0) is 15.7. The number of rotatable bonds is 3. The Bertz CT molecular complexity index is 680. The summed E-state index contributed by atoms with van der Waals surface area (Å²) in [6.07, 6.45) is 3.93. The van der Waals surface area contributed by atoms with Crippen LogP contribution in [0.4, 0.5) is 5.82 Å². The highest BCUT2D eigenvalue weighted by molar-refractivity contribution is 5.98. The van der Waals surface area contributed by atoms with Crippen LogP contribution in [-0.2, 0) is 0 Å². The van der Waals surface area contributed by atoms with E-state index in [4.69, 9.17) is 5.73 Å². The van der Waals surface area contributed by atoms with Gasteiger partial charge in [-0.1, -0.05) is 0 Å². The number of hydrogen-bond donors (Lipinski definition) is 2. The van der Waals surface area contributed by atoms with Gasteiger partial charge in [-0.05, 0) is 44.4 Å². The van der Waals surface area contributed by atoms with E-state index >= 15 is 0 Å². The number of aromatic amines is 1. The molecule has 1 unspecified atom stereocenters. The van der Waals surface area contributed by atoms with Gasteiger partial charge in [0.25, 0.3) is 5.91 Å². The van der Waals surface area contributed by atoms with Gasteiger partial charge in [-0.15, -0.1) is 0 Å². The lowest BCUT2D eigenvalue weighted by atomic mass is 9.94. The number of pyridine rings is 1. The van der Waals surface area contributed by atoms with Crippen molar-refractivity contribution in [3.8, 4) is 0 Å². The Morgan fingerprint density at radius 2 is 2.27 bits per heavy atom. The third-order valence-corrected chi connectivity index (χ3v) is 4.39. The number of carbonyl (C=O) groups excluding carboxylic acids is 1. The summed E-state index contributed by atoms with van der Waals surface area (Å²) in [5, 5.41) is 7.08. The number of nitrogens with zero attached hydrogens (tertiary/aromatic N) is 3. The van der Waals surface area contributed by atoms with Gasteiger partial charge in [0.1, 0.15) is 5.82 Å². The average molecular weight is 299 g/mol. The van der Waals surface area contributed by atoms with Crippen LogP contribution >= 0.6 is 0 Å². The van der Waals surface area contributed by atoms with Crippen molar-refractivity contribution in [1.29, 1.82) is 0 Å². The van der Waals surface area contributed by atoms with Crippen LogP contribution in [0.5, 0.6) is 0 Å². The second-order valence-electron chi connectivity index (χ2n) is 5.92. The number of nitrogens with two attached hydrogens (primary N) is 1. The molecule has 22 heavy (non-hydrogen) atoms. The first-order valence-electron chi connectivity index (χ1n) is 7.58. The van der Waals surface area contributed by atoms with E-state index < -0.39 is 5.91 Å². The lowest BCUT2D eigenvalue weighted by Crippen LogP contribution is -2.36. The van der Waals surface area contributed by atoms with E-state index in [9.17, 15) is 4.79 Å². The van der Waals surface area contributed by atoms with Crippen molar-refractivity contribution < 1.29 is 4.79 Å². The number of anilines is 1. The normalized spacial score (nSPS) is 18.5. The topological polar surface area (TPSA) is 87.9 Å². The van der Waals surface area contributed by atoms with E-state index in [1.54, 1.807) is 6.20 Å². The standard InChI is InChI=1S/C16H21N5O/c1-10-8-13(15(17)22)16(19-11(10)2)21-7-3-4-12(9-21)14-5-6-18-20-14/h5-6,8,12H,3-4,7,9H2,1-2H3,(H2,17,22)(H,18,20). The SMILES string of the molecule is Cc1cc(C(N)=O)c(N2CCCC(c3ccn[nH]3)C2)nc1C. The minimum absolute atomic E-state index is 0.375. The lowest BCUT2D eigenvalue weighted by Gasteiger charge is -2.34. The molecule has 1 aliphatic rings. The molecule has 0 bridgehead atoms. The third-order valence-electron chi connectivity index (χ3n) is 4.39. The zero-order valence-electron chi connectivity index (χ0n) is 13.0. The van der Waals surface area contributed by atoms with Crippen molar-refractivity contribution in [2.45, 2.75) is 32.6 Å². The first-order chi connectivity index (χ1) is 10.6. The fourth-order valence-electron chi connectivity index (χ4n) is 3.03. The summed E-state index contributed by atoms with van der Waals surface area (Å²) in [7, 11) is 0. The number of nitrogens with one attached hydrogen (secondary N) is 1. The van der Waals surface area contributed by atoms with Gasteiger partial charge in [-0.25, -0.2) is 4.98 Å². The molecule has 6 heteroatoms. The summed E-state index contributed by atoms with van der Waals surface area (Å²) in [6, 6.07) is 3.86. The minimum atomic E-state index is -0.422. The second-order valence-corrected chi connectivity index (χ2v) is 5.92. The summed E-state index contributed by atoms with van der Waals surface area (Å²) >= 11 is 0. The number of piperidine rings is 1. The maximum Gasteiger partial charge on any atom is 0.252 e. The van der Waals surface area contributed by atoms with Crippen molar-refractivity contribution in [3.63, 3.8) is 0 Å². The molecule has 1 amide bonds. The molecule has 0 saturated carbocycles. The van der Waals surface area contributed by atoms with Gasteiger partial charge in [-0.3, -0.25) is 9.89 Å². The molecule has 116 valence electrons. The van der Waals surface area contributed by atoms with Crippen LogP contribution in [0.25, 0.3) is 0 Å². The summed E-state index contributed by atoms with van der Waals surface area (Å²) in [4.78, 5) is 18.6. The Morgan fingerprint density at radius 1 is 1.45 bits per heavy atom.